The van der Waals surface area contributed by atoms with Crippen molar-refractivity contribution >= 4 is 5.96 Å². The molecule has 0 atom stereocenters. The summed E-state index contributed by atoms with van der Waals surface area (Å²) in [6.45, 7) is 8.56. The van der Waals surface area contributed by atoms with E-state index in [2.05, 4.69) is 29.5 Å². The van der Waals surface area contributed by atoms with E-state index in [4.69, 9.17) is 9.47 Å². The molecule has 0 fully saturated rings. The first-order valence-corrected chi connectivity index (χ1v) is 7.72. The number of methoxy groups -OCH3 is 1. The molecule has 0 saturated carbocycles. The van der Waals surface area contributed by atoms with Gasteiger partial charge in [0.15, 0.2) is 5.96 Å². The summed E-state index contributed by atoms with van der Waals surface area (Å²) >= 11 is 0. The Morgan fingerprint density at radius 1 is 1.00 bits per heavy atom. The minimum Gasteiger partial charge on any atom is -0.385 e. The second kappa shape index (κ2) is 14.6. The van der Waals surface area contributed by atoms with E-state index >= 15 is 0 Å². The number of hydrogen-bond acceptors (Lipinski definition) is 3. The second-order valence-corrected chi connectivity index (χ2v) is 5.27. The fraction of sp³-hybridized carbons (Fsp3) is 0.933. The standard InChI is InChI=1S/C15H33N3O2/c1-14(2)8-12-20-13-10-18-15(16-3)17-9-6-5-7-11-19-4/h14H,5-13H2,1-4H3,(H2,16,17,18). The average molecular weight is 287 g/mol. The lowest BCUT2D eigenvalue weighted by atomic mass is 10.1. The largest absolute Gasteiger partial charge is 0.385 e. The Bertz CT molecular complexity index is 233. The van der Waals surface area contributed by atoms with E-state index in [1.807, 2.05) is 0 Å². The van der Waals surface area contributed by atoms with E-state index < -0.39 is 0 Å². The first kappa shape index (κ1) is 19.2. The van der Waals surface area contributed by atoms with Gasteiger partial charge in [-0.3, -0.25) is 4.99 Å². The number of nitrogens with one attached hydrogen (secondary N) is 2. The van der Waals surface area contributed by atoms with E-state index in [9.17, 15) is 0 Å². The zero-order valence-electron chi connectivity index (χ0n) is 13.7. The van der Waals surface area contributed by atoms with E-state index in [0.717, 1.165) is 58.1 Å². The van der Waals surface area contributed by atoms with Crippen molar-refractivity contribution in [1.29, 1.82) is 0 Å². The van der Waals surface area contributed by atoms with Crippen molar-refractivity contribution in [2.24, 2.45) is 10.9 Å². The molecule has 5 heteroatoms. The number of hydrogen-bond donors (Lipinski definition) is 2. The molecule has 0 aliphatic carbocycles. The first-order chi connectivity index (χ1) is 9.70. The van der Waals surface area contributed by atoms with Crippen LogP contribution in [0.15, 0.2) is 4.99 Å². The van der Waals surface area contributed by atoms with Gasteiger partial charge in [0.2, 0.25) is 0 Å². The van der Waals surface area contributed by atoms with E-state index in [0.29, 0.717) is 5.92 Å². The third kappa shape index (κ3) is 13.6. The summed E-state index contributed by atoms with van der Waals surface area (Å²) in [5.41, 5.74) is 0. The van der Waals surface area contributed by atoms with Gasteiger partial charge in [0.25, 0.3) is 0 Å². The van der Waals surface area contributed by atoms with Crippen LogP contribution in [0.3, 0.4) is 0 Å². The molecule has 0 unspecified atom stereocenters. The van der Waals surface area contributed by atoms with Crippen LogP contribution < -0.4 is 10.6 Å². The molecule has 0 radical (unpaired) electrons. The first-order valence-electron chi connectivity index (χ1n) is 7.72. The SMILES string of the molecule is CN=C(NCCCCCOC)NCCOCCC(C)C. The fourth-order valence-electron chi connectivity index (χ4n) is 1.64. The van der Waals surface area contributed by atoms with Gasteiger partial charge in [0.1, 0.15) is 0 Å². The molecule has 0 aliphatic heterocycles. The van der Waals surface area contributed by atoms with Crippen molar-refractivity contribution in [2.45, 2.75) is 39.5 Å². The molecule has 120 valence electrons. The van der Waals surface area contributed by atoms with Crippen molar-refractivity contribution < 1.29 is 9.47 Å². The molecule has 0 amide bonds. The maximum absolute atomic E-state index is 5.55. The summed E-state index contributed by atoms with van der Waals surface area (Å²) in [6.07, 6.45) is 4.55. The van der Waals surface area contributed by atoms with Gasteiger partial charge in [-0.05, 0) is 31.6 Å². The minimum atomic E-state index is 0.704. The molecule has 0 spiro atoms. The normalized spacial score (nSPS) is 11.9. The molecule has 2 N–H and O–H groups in total. The Balaban J connectivity index is 3.39. The molecule has 0 saturated heterocycles. The smallest absolute Gasteiger partial charge is 0.191 e. The maximum atomic E-state index is 5.55. The monoisotopic (exact) mass is 287 g/mol. The van der Waals surface area contributed by atoms with Crippen LogP contribution in [0, 0.1) is 5.92 Å². The third-order valence-corrected chi connectivity index (χ3v) is 2.92. The lowest BCUT2D eigenvalue weighted by Crippen LogP contribution is -2.39. The molecule has 0 bridgehead atoms. The van der Waals surface area contributed by atoms with Crippen LogP contribution >= 0.6 is 0 Å². The highest BCUT2D eigenvalue weighted by molar-refractivity contribution is 5.79. The third-order valence-electron chi connectivity index (χ3n) is 2.92. The van der Waals surface area contributed by atoms with Crippen molar-refractivity contribution in [3.05, 3.63) is 0 Å². The van der Waals surface area contributed by atoms with E-state index in [1.165, 1.54) is 6.42 Å². The fourth-order valence-corrected chi connectivity index (χ4v) is 1.64. The Labute approximate surface area is 124 Å². The Kier molecular flexibility index (Phi) is 14.0. The highest BCUT2D eigenvalue weighted by Gasteiger charge is 1.97. The highest BCUT2D eigenvalue weighted by Crippen LogP contribution is 1.98. The average Bonchev–Trinajstić information content (AvgIpc) is 2.43. The number of aliphatic imine (C=N–C) groups is 1. The zero-order chi connectivity index (χ0) is 15.1. The zero-order valence-corrected chi connectivity index (χ0v) is 13.7. The molecule has 0 heterocycles. The molecule has 20 heavy (non-hydrogen) atoms. The summed E-state index contributed by atoms with van der Waals surface area (Å²) in [4.78, 5) is 4.18. The van der Waals surface area contributed by atoms with Gasteiger partial charge in [-0.25, -0.2) is 0 Å². The number of ether oxygens (including phenoxy) is 2. The van der Waals surface area contributed by atoms with Crippen LogP contribution in [0.5, 0.6) is 0 Å². The number of unbranched alkanes of at least 4 members (excludes halogenated alkanes) is 2. The van der Waals surface area contributed by atoms with Gasteiger partial charge in [0.05, 0.1) is 6.61 Å². The molecular weight excluding hydrogens is 254 g/mol. The van der Waals surface area contributed by atoms with Crippen LogP contribution in [-0.2, 0) is 9.47 Å². The predicted octanol–water partition coefficient (Wildman–Crippen LogP) is 2.03. The summed E-state index contributed by atoms with van der Waals surface area (Å²) in [7, 11) is 3.53. The molecule has 0 aromatic heterocycles. The second-order valence-electron chi connectivity index (χ2n) is 5.27. The van der Waals surface area contributed by atoms with Crippen molar-refractivity contribution in [3.63, 3.8) is 0 Å². The van der Waals surface area contributed by atoms with Crippen LogP contribution in [0.2, 0.25) is 0 Å². The molecule has 0 aliphatic rings. The van der Waals surface area contributed by atoms with Crippen molar-refractivity contribution in [2.75, 3.05) is 47.1 Å². The Hall–Kier alpha value is -0.810. The minimum absolute atomic E-state index is 0.704. The molecule has 0 rings (SSSR count). The van der Waals surface area contributed by atoms with E-state index in [-0.39, 0.29) is 0 Å². The van der Waals surface area contributed by atoms with Gasteiger partial charge in [-0.1, -0.05) is 13.8 Å². The molecule has 0 aromatic rings. The predicted molar refractivity (Wildman–Crippen MR) is 85.4 cm³/mol. The number of guanidine groups is 1. The van der Waals surface area contributed by atoms with Gasteiger partial charge in [-0.2, -0.15) is 0 Å². The maximum Gasteiger partial charge on any atom is 0.191 e. The van der Waals surface area contributed by atoms with Crippen LogP contribution in [0.4, 0.5) is 0 Å². The van der Waals surface area contributed by atoms with Crippen LogP contribution in [-0.4, -0.2) is 53.0 Å². The van der Waals surface area contributed by atoms with Crippen molar-refractivity contribution in [1.82, 2.24) is 10.6 Å². The summed E-state index contributed by atoms with van der Waals surface area (Å²) < 4.78 is 10.6. The van der Waals surface area contributed by atoms with Crippen molar-refractivity contribution in [3.8, 4) is 0 Å². The van der Waals surface area contributed by atoms with Gasteiger partial charge >= 0.3 is 0 Å². The number of nitrogens with zero attached hydrogens (tertiary/aromatic N) is 1. The number of rotatable bonds is 12. The summed E-state index contributed by atoms with van der Waals surface area (Å²) in [5.74, 6) is 1.56. The van der Waals surface area contributed by atoms with Gasteiger partial charge < -0.3 is 20.1 Å². The lowest BCUT2D eigenvalue weighted by Gasteiger charge is -2.12. The van der Waals surface area contributed by atoms with Crippen LogP contribution in [0.1, 0.15) is 39.5 Å². The van der Waals surface area contributed by atoms with Gasteiger partial charge in [-0.15, -0.1) is 0 Å². The Morgan fingerprint density at radius 2 is 1.75 bits per heavy atom. The van der Waals surface area contributed by atoms with Crippen LogP contribution in [0.25, 0.3) is 0 Å². The topological polar surface area (TPSA) is 54.9 Å². The lowest BCUT2D eigenvalue weighted by molar-refractivity contribution is 0.128. The molecule has 5 nitrogen and oxygen atoms in total. The summed E-state index contributed by atoms with van der Waals surface area (Å²) in [6, 6.07) is 0. The Morgan fingerprint density at radius 3 is 2.40 bits per heavy atom. The molecular formula is C15H33N3O2. The highest BCUT2D eigenvalue weighted by atomic mass is 16.5. The summed E-state index contributed by atoms with van der Waals surface area (Å²) in [5, 5.41) is 6.55. The molecule has 0 aromatic carbocycles. The van der Waals surface area contributed by atoms with E-state index in [1.54, 1.807) is 14.2 Å². The quantitative estimate of drug-likeness (QED) is 0.328. The van der Waals surface area contributed by atoms with Gasteiger partial charge in [0, 0.05) is 40.5 Å².